The molecule has 0 spiro atoms. The monoisotopic (exact) mass is 277 g/mol. The van der Waals surface area contributed by atoms with Crippen molar-refractivity contribution in [2.45, 2.75) is 12.8 Å². The van der Waals surface area contributed by atoms with E-state index in [2.05, 4.69) is 4.98 Å². The fraction of sp³-hybridized carbons (Fsp3) is 0.500. The summed E-state index contributed by atoms with van der Waals surface area (Å²) in [5.74, 6) is -0.0508. The molecule has 108 valence electrons. The highest BCUT2D eigenvalue weighted by Gasteiger charge is 2.28. The van der Waals surface area contributed by atoms with Gasteiger partial charge in [0.25, 0.3) is 5.91 Å². The molecule has 0 unspecified atom stereocenters. The van der Waals surface area contributed by atoms with Gasteiger partial charge in [-0.25, -0.2) is 0 Å². The molecular formula is C14H19N3O3. The lowest BCUT2D eigenvalue weighted by atomic mass is 9.95. The Morgan fingerprint density at radius 2 is 1.95 bits per heavy atom. The van der Waals surface area contributed by atoms with Crippen LogP contribution in [0.25, 0.3) is 0 Å². The molecule has 0 aliphatic carbocycles. The zero-order chi connectivity index (χ0) is 14.7. The molecule has 1 aliphatic heterocycles. The number of aromatic nitrogens is 1. The first-order valence-corrected chi connectivity index (χ1v) is 6.63. The number of rotatable bonds is 2. The third-order valence-electron chi connectivity index (χ3n) is 3.54. The molecule has 2 rings (SSSR count). The third-order valence-corrected chi connectivity index (χ3v) is 3.54. The molecule has 0 bridgehead atoms. The van der Waals surface area contributed by atoms with Crippen molar-refractivity contribution in [3.63, 3.8) is 0 Å². The number of aromatic hydroxyl groups is 1. The van der Waals surface area contributed by atoms with Crippen LogP contribution in [-0.4, -0.2) is 58.9 Å². The summed E-state index contributed by atoms with van der Waals surface area (Å²) in [6.45, 7) is 1.11. The van der Waals surface area contributed by atoms with Gasteiger partial charge in [-0.15, -0.1) is 0 Å². The lowest BCUT2D eigenvalue weighted by Crippen LogP contribution is -2.42. The summed E-state index contributed by atoms with van der Waals surface area (Å²) >= 11 is 0. The van der Waals surface area contributed by atoms with Crippen LogP contribution >= 0.6 is 0 Å². The van der Waals surface area contributed by atoms with Gasteiger partial charge in [0.1, 0.15) is 5.75 Å². The minimum atomic E-state index is -0.149. The Hall–Kier alpha value is -2.11. The SMILES string of the molecule is CN(C)C(=O)C1CCN(C(=O)c2cncc(O)c2)CC1. The molecule has 1 aromatic heterocycles. The number of pyridine rings is 1. The Morgan fingerprint density at radius 3 is 2.50 bits per heavy atom. The lowest BCUT2D eigenvalue weighted by Gasteiger charge is -2.32. The van der Waals surface area contributed by atoms with E-state index in [4.69, 9.17) is 0 Å². The summed E-state index contributed by atoms with van der Waals surface area (Å²) in [4.78, 5) is 31.2. The van der Waals surface area contributed by atoms with Crippen LogP contribution in [0.5, 0.6) is 5.75 Å². The average Bonchev–Trinajstić information content (AvgIpc) is 2.46. The molecular weight excluding hydrogens is 258 g/mol. The summed E-state index contributed by atoms with van der Waals surface area (Å²) in [6.07, 6.45) is 4.09. The molecule has 0 saturated carbocycles. The Kier molecular flexibility index (Phi) is 4.22. The van der Waals surface area contributed by atoms with Crippen LogP contribution in [0.4, 0.5) is 0 Å². The highest BCUT2D eigenvalue weighted by molar-refractivity contribution is 5.94. The van der Waals surface area contributed by atoms with E-state index in [9.17, 15) is 14.7 Å². The standard InChI is InChI=1S/C14H19N3O3/c1-16(2)13(19)10-3-5-17(6-4-10)14(20)11-7-12(18)9-15-8-11/h7-10,18H,3-6H2,1-2H3. The van der Waals surface area contributed by atoms with Crippen molar-refractivity contribution < 1.29 is 14.7 Å². The summed E-state index contributed by atoms with van der Waals surface area (Å²) < 4.78 is 0. The van der Waals surface area contributed by atoms with Crippen LogP contribution in [0.3, 0.4) is 0 Å². The fourth-order valence-electron chi connectivity index (χ4n) is 2.42. The Balaban J connectivity index is 1.97. The van der Waals surface area contributed by atoms with Gasteiger partial charge in [0.05, 0.1) is 11.8 Å². The maximum atomic E-state index is 12.2. The van der Waals surface area contributed by atoms with E-state index in [0.717, 1.165) is 0 Å². The van der Waals surface area contributed by atoms with Crippen molar-refractivity contribution in [3.05, 3.63) is 24.0 Å². The molecule has 0 atom stereocenters. The summed E-state index contributed by atoms with van der Waals surface area (Å²) in [7, 11) is 3.50. The number of hydrogen-bond donors (Lipinski definition) is 1. The Bertz CT molecular complexity index is 508. The van der Waals surface area contributed by atoms with Crippen LogP contribution in [0.1, 0.15) is 23.2 Å². The number of piperidine rings is 1. The Labute approximate surface area is 118 Å². The van der Waals surface area contributed by atoms with Crippen LogP contribution < -0.4 is 0 Å². The predicted molar refractivity (Wildman–Crippen MR) is 73.2 cm³/mol. The molecule has 0 radical (unpaired) electrons. The van der Waals surface area contributed by atoms with Crippen molar-refractivity contribution in [1.82, 2.24) is 14.8 Å². The lowest BCUT2D eigenvalue weighted by molar-refractivity contribution is -0.134. The zero-order valence-electron chi connectivity index (χ0n) is 11.7. The predicted octanol–water partition coefficient (Wildman–Crippen LogP) is 0.728. The van der Waals surface area contributed by atoms with E-state index in [1.165, 1.54) is 18.5 Å². The normalized spacial score (nSPS) is 16.0. The number of likely N-dealkylation sites (tertiary alicyclic amines) is 1. The number of hydrogen-bond acceptors (Lipinski definition) is 4. The number of amides is 2. The van der Waals surface area contributed by atoms with Crippen LogP contribution in [0.15, 0.2) is 18.5 Å². The second kappa shape index (κ2) is 5.90. The van der Waals surface area contributed by atoms with E-state index in [-0.39, 0.29) is 23.5 Å². The topological polar surface area (TPSA) is 73.7 Å². The number of carbonyl (C=O) groups is 2. The minimum absolute atomic E-state index is 0.00338. The highest BCUT2D eigenvalue weighted by atomic mass is 16.3. The molecule has 1 fully saturated rings. The third kappa shape index (κ3) is 3.07. The van der Waals surface area contributed by atoms with Crippen molar-refractivity contribution >= 4 is 11.8 Å². The number of nitrogens with zero attached hydrogens (tertiary/aromatic N) is 3. The van der Waals surface area contributed by atoms with Gasteiger partial charge in [-0.3, -0.25) is 14.6 Å². The quantitative estimate of drug-likeness (QED) is 0.864. The molecule has 1 aromatic rings. The van der Waals surface area contributed by atoms with Gasteiger partial charge in [0, 0.05) is 39.3 Å². The molecule has 0 aromatic carbocycles. The van der Waals surface area contributed by atoms with E-state index < -0.39 is 0 Å². The van der Waals surface area contributed by atoms with Gasteiger partial charge in [-0.1, -0.05) is 0 Å². The molecule has 1 saturated heterocycles. The van der Waals surface area contributed by atoms with Crippen molar-refractivity contribution in [2.75, 3.05) is 27.2 Å². The van der Waals surface area contributed by atoms with Crippen LogP contribution in [-0.2, 0) is 4.79 Å². The van der Waals surface area contributed by atoms with Gasteiger partial charge >= 0.3 is 0 Å². The van der Waals surface area contributed by atoms with Crippen molar-refractivity contribution in [2.24, 2.45) is 5.92 Å². The van der Waals surface area contributed by atoms with Crippen molar-refractivity contribution in [1.29, 1.82) is 0 Å². The number of carbonyl (C=O) groups excluding carboxylic acids is 2. The highest BCUT2D eigenvalue weighted by Crippen LogP contribution is 2.21. The maximum Gasteiger partial charge on any atom is 0.255 e. The summed E-state index contributed by atoms with van der Waals surface area (Å²) in [5.41, 5.74) is 0.377. The maximum absolute atomic E-state index is 12.2. The molecule has 2 heterocycles. The van der Waals surface area contributed by atoms with E-state index in [0.29, 0.717) is 31.5 Å². The van der Waals surface area contributed by atoms with Crippen LogP contribution in [0.2, 0.25) is 0 Å². The van der Waals surface area contributed by atoms with Gasteiger partial charge in [-0.2, -0.15) is 0 Å². The molecule has 2 amide bonds. The second-order valence-corrected chi connectivity index (χ2v) is 5.23. The molecule has 6 heteroatoms. The van der Waals surface area contributed by atoms with Crippen LogP contribution in [0, 0.1) is 5.92 Å². The summed E-state index contributed by atoms with van der Waals surface area (Å²) in [5, 5.41) is 9.35. The molecule has 1 aliphatic rings. The van der Waals surface area contributed by atoms with Crippen molar-refractivity contribution in [3.8, 4) is 5.75 Å². The second-order valence-electron chi connectivity index (χ2n) is 5.23. The van der Waals surface area contributed by atoms with Gasteiger partial charge in [0.15, 0.2) is 0 Å². The van der Waals surface area contributed by atoms with Gasteiger partial charge in [0.2, 0.25) is 5.91 Å². The van der Waals surface area contributed by atoms with Gasteiger partial charge < -0.3 is 14.9 Å². The van der Waals surface area contributed by atoms with E-state index in [1.54, 1.807) is 23.9 Å². The largest absolute Gasteiger partial charge is 0.506 e. The first-order valence-electron chi connectivity index (χ1n) is 6.63. The minimum Gasteiger partial charge on any atom is -0.506 e. The zero-order valence-corrected chi connectivity index (χ0v) is 11.7. The average molecular weight is 277 g/mol. The summed E-state index contributed by atoms with van der Waals surface area (Å²) in [6, 6.07) is 1.41. The first kappa shape index (κ1) is 14.3. The van der Waals surface area contributed by atoms with E-state index in [1.807, 2.05) is 0 Å². The molecule has 1 N–H and O–H groups in total. The molecule has 6 nitrogen and oxygen atoms in total. The molecule has 20 heavy (non-hydrogen) atoms. The fourth-order valence-corrected chi connectivity index (χ4v) is 2.42. The first-order chi connectivity index (χ1) is 9.49. The van der Waals surface area contributed by atoms with E-state index >= 15 is 0 Å². The Morgan fingerprint density at radius 1 is 1.30 bits per heavy atom. The van der Waals surface area contributed by atoms with Gasteiger partial charge in [-0.05, 0) is 18.9 Å². The smallest absolute Gasteiger partial charge is 0.255 e.